The second-order valence-electron chi connectivity index (χ2n) is 4.36. The largest absolute Gasteiger partial charge is 0.289 e. The van der Waals surface area contributed by atoms with E-state index in [4.69, 9.17) is 11.6 Å². The number of halogens is 1. The van der Waals surface area contributed by atoms with Crippen molar-refractivity contribution < 1.29 is 4.79 Å². The van der Waals surface area contributed by atoms with Crippen molar-refractivity contribution in [1.29, 1.82) is 0 Å². The molecule has 0 bridgehead atoms. The first-order valence-corrected chi connectivity index (χ1v) is 7.67. The third-order valence-corrected chi connectivity index (χ3v) is 4.01. The Hall–Kier alpha value is -2.44. The van der Waals surface area contributed by atoms with Gasteiger partial charge in [-0.1, -0.05) is 35.9 Å². The van der Waals surface area contributed by atoms with E-state index in [0.717, 1.165) is 10.4 Å². The molecule has 5 nitrogen and oxygen atoms in total. The van der Waals surface area contributed by atoms with Gasteiger partial charge in [0.15, 0.2) is 0 Å². The van der Waals surface area contributed by atoms with Crippen molar-refractivity contribution in [3.05, 3.63) is 63.4 Å². The molecule has 0 unspecified atom stereocenters. The minimum absolute atomic E-state index is 0.318. The first-order valence-electron chi connectivity index (χ1n) is 6.41. The van der Waals surface area contributed by atoms with Crippen LogP contribution >= 0.6 is 22.9 Å². The molecule has 1 amide bonds. The Bertz CT molecular complexity index is 811. The molecule has 0 aliphatic carbocycles. The molecular weight excluding hydrogens is 320 g/mol. The number of aromatic nitrogens is 2. The van der Waals surface area contributed by atoms with Crippen molar-refractivity contribution in [2.75, 3.05) is 0 Å². The quantitative estimate of drug-likeness (QED) is 0.567. The smallest absolute Gasteiger partial charge is 0.272 e. The van der Waals surface area contributed by atoms with Crippen LogP contribution in [0.2, 0.25) is 5.02 Å². The van der Waals surface area contributed by atoms with Crippen LogP contribution in [0, 0.1) is 0 Å². The van der Waals surface area contributed by atoms with Gasteiger partial charge in [-0.25, -0.2) is 5.43 Å². The van der Waals surface area contributed by atoms with Gasteiger partial charge in [0, 0.05) is 10.4 Å². The van der Waals surface area contributed by atoms with E-state index in [0.29, 0.717) is 16.4 Å². The number of aromatic amines is 1. The first kappa shape index (κ1) is 14.5. The standard InChI is InChI=1S/C15H11ClN4OS/c16-12-6-2-1-5-11(12)13-8-14(19-18-13)15(21)20-17-9-10-4-3-7-22-10/h1-9H,(H,18,19)(H,20,21)/b17-9-. The lowest BCUT2D eigenvalue weighted by molar-refractivity contribution is 0.0950. The Kier molecular flexibility index (Phi) is 4.32. The highest BCUT2D eigenvalue weighted by atomic mass is 35.5. The van der Waals surface area contributed by atoms with Gasteiger partial charge >= 0.3 is 0 Å². The molecule has 0 aliphatic rings. The zero-order valence-electron chi connectivity index (χ0n) is 11.3. The Morgan fingerprint density at radius 1 is 1.32 bits per heavy atom. The first-order chi connectivity index (χ1) is 10.7. The summed E-state index contributed by atoms with van der Waals surface area (Å²) in [5.41, 5.74) is 4.14. The maximum Gasteiger partial charge on any atom is 0.289 e. The predicted molar refractivity (Wildman–Crippen MR) is 88.4 cm³/mol. The number of hydrogen-bond donors (Lipinski definition) is 2. The molecule has 7 heteroatoms. The number of thiophene rings is 1. The van der Waals surface area contributed by atoms with Gasteiger partial charge < -0.3 is 0 Å². The van der Waals surface area contributed by atoms with Crippen molar-refractivity contribution in [2.45, 2.75) is 0 Å². The lowest BCUT2D eigenvalue weighted by atomic mass is 10.1. The van der Waals surface area contributed by atoms with Crippen LogP contribution in [0.4, 0.5) is 0 Å². The molecule has 0 radical (unpaired) electrons. The maximum absolute atomic E-state index is 12.0. The Balaban J connectivity index is 1.71. The monoisotopic (exact) mass is 330 g/mol. The third-order valence-electron chi connectivity index (χ3n) is 2.87. The number of hydrazone groups is 1. The van der Waals surface area contributed by atoms with Crippen molar-refractivity contribution in [1.82, 2.24) is 15.6 Å². The van der Waals surface area contributed by atoms with Crippen LogP contribution < -0.4 is 5.43 Å². The summed E-state index contributed by atoms with van der Waals surface area (Å²) in [6.45, 7) is 0. The van der Waals surface area contributed by atoms with E-state index in [9.17, 15) is 4.79 Å². The van der Waals surface area contributed by atoms with Crippen LogP contribution in [-0.2, 0) is 0 Å². The lowest BCUT2D eigenvalue weighted by Crippen LogP contribution is -2.17. The zero-order valence-corrected chi connectivity index (χ0v) is 12.9. The van der Waals surface area contributed by atoms with E-state index in [1.807, 2.05) is 35.7 Å². The molecule has 2 N–H and O–H groups in total. The summed E-state index contributed by atoms with van der Waals surface area (Å²) < 4.78 is 0. The number of carbonyl (C=O) groups is 1. The van der Waals surface area contributed by atoms with Gasteiger partial charge in [-0.15, -0.1) is 11.3 Å². The fourth-order valence-electron chi connectivity index (χ4n) is 1.82. The van der Waals surface area contributed by atoms with Crippen LogP contribution in [0.5, 0.6) is 0 Å². The summed E-state index contributed by atoms with van der Waals surface area (Å²) in [5, 5.41) is 13.2. The molecular formula is C15H11ClN4OS. The van der Waals surface area contributed by atoms with E-state index in [-0.39, 0.29) is 5.91 Å². The van der Waals surface area contributed by atoms with Crippen molar-refractivity contribution >= 4 is 35.1 Å². The molecule has 0 atom stereocenters. The maximum atomic E-state index is 12.0. The lowest BCUT2D eigenvalue weighted by Gasteiger charge is -1.98. The van der Waals surface area contributed by atoms with Gasteiger partial charge in [-0.3, -0.25) is 9.89 Å². The van der Waals surface area contributed by atoms with Crippen LogP contribution in [0.15, 0.2) is 52.9 Å². The number of nitrogens with zero attached hydrogens (tertiary/aromatic N) is 2. The van der Waals surface area contributed by atoms with Crippen molar-refractivity contribution in [2.24, 2.45) is 5.10 Å². The van der Waals surface area contributed by atoms with Crippen LogP contribution in [0.3, 0.4) is 0 Å². The summed E-state index contributed by atoms with van der Waals surface area (Å²) >= 11 is 7.65. The highest BCUT2D eigenvalue weighted by Crippen LogP contribution is 2.26. The van der Waals surface area contributed by atoms with Gasteiger partial charge in [0.25, 0.3) is 5.91 Å². The molecule has 3 rings (SSSR count). The highest BCUT2D eigenvalue weighted by Gasteiger charge is 2.12. The fraction of sp³-hybridized carbons (Fsp3) is 0. The van der Waals surface area contributed by atoms with E-state index >= 15 is 0 Å². The Morgan fingerprint density at radius 2 is 2.18 bits per heavy atom. The van der Waals surface area contributed by atoms with Crippen LogP contribution in [-0.4, -0.2) is 22.3 Å². The van der Waals surface area contributed by atoms with E-state index in [1.54, 1.807) is 18.3 Å². The molecule has 2 heterocycles. The fourth-order valence-corrected chi connectivity index (χ4v) is 2.64. The molecule has 0 saturated heterocycles. The van der Waals surface area contributed by atoms with Crippen molar-refractivity contribution in [3.63, 3.8) is 0 Å². The topological polar surface area (TPSA) is 70.1 Å². The number of nitrogens with one attached hydrogen (secondary N) is 2. The van der Waals surface area contributed by atoms with Crippen molar-refractivity contribution in [3.8, 4) is 11.3 Å². The predicted octanol–water partition coefficient (Wildman–Crippen LogP) is 3.56. The average molecular weight is 331 g/mol. The van der Waals surface area contributed by atoms with Gasteiger partial charge in [0.05, 0.1) is 16.9 Å². The summed E-state index contributed by atoms with van der Waals surface area (Å²) in [5.74, 6) is -0.362. The third kappa shape index (κ3) is 3.24. The second-order valence-corrected chi connectivity index (χ2v) is 5.75. The van der Waals surface area contributed by atoms with Crippen LogP contribution in [0.1, 0.15) is 15.4 Å². The number of rotatable bonds is 4. The van der Waals surface area contributed by atoms with Gasteiger partial charge in [0.1, 0.15) is 5.69 Å². The van der Waals surface area contributed by atoms with Crippen LogP contribution in [0.25, 0.3) is 11.3 Å². The molecule has 0 saturated carbocycles. The molecule has 0 fully saturated rings. The molecule has 0 aliphatic heterocycles. The molecule has 1 aromatic carbocycles. The average Bonchev–Trinajstić information content (AvgIpc) is 3.19. The number of H-pyrrole nitrogens is 1. The molecule has 3 aromatic rings. The van der Waals surface area contributed by atoms with E-state index in [2.05, 4.69) is 20.7 Å². The Morgan fingerprint density at radius 3 is 2.95 bits per heavy atom. The zero-order chi connectivity index (χ0) is 15.4. The SMILES string of the molecule is O=C(N/N=C\c1cccs1)c1cc(-c2ccccc2Cl)n[nH]1. The van der Waals surface area contributed by atoms with Gasteiger partial charge in [0.2, 0.25) is 0 Å². The molecule has 22 heavy (non-hydrogen) atoms. The Labute approximate surface area is 135 Å². The minimum Gasteiger partial charge on any atom is -0.272 e. The molecule has 2 aromatic heterocycles. The van der Waals surface area contributed by atoms with Gasteiger partial charge in [-0.2, -0.15) is 10.2 Å². The number of hydrogen-bond acceptors (Lipinski definition) is 4. The summed E-state index contributed by atoms with van der Waals surface area (Å²) in [6, 6.07) is 12.8. The summed E-state index contributed by atoms with van der Waals surface area (Å²) in [4.78, 5) is 12.9. The second kappa shape index (κ2) is 6.55. The summed E-state index contributed by atoms with van der Waals surface area (Å²) in [6.07, 6.45) is 1.59. The number of benzene rings is 1. The summed E-state index contributed by atoms with van der Waals surface area (Å²) in [7, 11) is 0. The van der Waals surface area contributed by atoms with E-state index in [1.165, 1.54) is 11.3 Å². The number of amides is 1. The molecule has 0 spiro atoms. The number of carbonyl (C=O) groups excluding carboxylic acids is 1. The normalized spacial score (nSPS) is 11.0. The minimum atomic E-state index is -0.362. The van der Waals surface area contributed by atoms with E-state index < -0.39 is 0 Å². The van der Waals surface area contributed by atoms with Gasteiger partial charge in [-0.05, 0) is 23.6 Å². The highest BCUT2D eigenvalue weighted by molar-refractivity contribution is 7.11. The molecule has 110 valence electrons.